The SMILES string of the molecule is CC(C)[C@H](N)C(=O)OC(=O)[C@@H](N)CCCN=C(N)N. The summed E-state index contributed by atoms with van der Waals surface area (Å²) in [6.07, 6.45) is 0.832. The first kappa shape index (κ1) is 17.3. The molecule has 0 rings (SSSR count). The molecule has 0 saturated heterocycles. The van der Waals surface area contributed by atoms with Crippen molar-refractivity contribution >= 4 is 17.9 Å². The first-order chi connectivity index (χ1) is 8.75. The highest BCUT2D eigenvalue weighted by Gasteiger charge is 2.24. The monoisotopic (exact) mass is 273 g/mol. The van der Waals surface area contributed by atoms with Gasteiger partial charge in [-0.1, -0.05) is 13.8 Å². The zero-order chi connectivity index (χ0) is 15.0. The highest BCUT2D eigenvalue weighted by Crippen LogP contribution is 2.03. The van der Waals surface area contributed by atoms with E-state index in [1.54, 1.807) is 13.8 Å². The maximum atomic E-state index is 11.5. The van der Waals surface area contributed by atoms with Crippen molar-refractivity contribution in [3.05, 3.63) is 0 Å². The van der Waals surface area contributed by atoms with Crippen molar-refractivity contribution in [2.45, 2.75) is 38.8 Å². The summed E-state index contributed by atoms with van der Waals surface area (Å²) in [5.74, 6) is -1.68. The Hall–Kier alpha value is -1.67. The molecule has 0 aromatic carbocycles. The van der Waals surface area contributed by atoms with Crippen molar-refractivity contribution < 1.29 is 14.3 Å². The van der Waals surface area contributed by atoms with Gasteiger partial charge < -0.3 is 27.7 Å². The molecule has 0 aliphatic rings. The van der Waals surface area contributed by atoms with E-state index in [4.69, 9.17) is 22.9 Å². The summed E-state index contributed by atoms with van der Waals surface area (Å²) in [6.45, 7) is 3.87. The van der Waals surface area contributed by atoms with Gasteiger partial charge in [0.25, 0.3) is 0 Å². The van der Waals surface area contributed by atoms with Crippen LogP contribution in [0.15, 0.2) is 4.99 Å². The predicted octanol–water partition coefficient (Wildman–Crippen LogP) is -1.58. The number of ether oxygens (including phenoxy) is 1. The van der Waals surface area contributed by atoms with Gasteiger partial charge in [0.1, 0.15) is 12.1 Å². The Bertz CT molecular complexity index is 339. The third-order valence-electron chi connectivity index (χ3n) is 2.46. The summed E-state index contributed by atoms with van der Waals surface area (Å²) in [5.41, 5.74) is 21.4. The number of nitrogens with zero attached hydrogens (tertiary/aromatic N) is 1. The smallest absolute Gasteiger partial charge is 0.330 e. The molecule has 0 heterocycles. The van der Waals surface area contributed by atoms with E-state index in [2.05, 4.69) is 9.73 Å². The Morgan fingerprint density at radius 3 is 2.21 bits per heavy atom. The second-order valence-corrected chi connectivity index (χ2v) is 4.57. The fourth-order valence-electron chi connectivity index (χ4n) is 1.15. The number of rotatable bonds is 7. The van der Waals surface area contributed by atoms with Gasteiger partial charge in [0, 0.05) is 6.54 Å². The minimum atomic E-state index is -0.891. The van der Waals surface area contributed by atoms with Crippen molar-refractivity contribution in [3.8, 4) is 0 Å². The van der Waals surface area contributed by atoms with Gasteiger partial charge in [-0.2, -0.15) is 0 Å². The molecule has 0 aliphatic carbocycles. The number of nitrogens with two attached hydrogens (primary N) is 4. The highest BCUT2D eigenvalue weighted by atomic mass is 16.6. The Morgan fingerprint density at radius 2 is 1.74 bits per heavy atom. The van der Waals surface area contributed by atoms with Crippen molar-refractivity contribution in [1.82, 2.24) is 0 Å². The van der Waals surface area contributed by atoms with Crippen LogP contribution in [0, 0.1) is 5.92 Å². The lowest BCUT2D eigenvalue weighted by Crippen LogP contribution is -2.42. The molecule has 19 heavy (non-hydrogen) atoms. The molecule has 0 unspecified atom stereocenters. The summed E-state index contributed by atoms with van der Waals surface area (Å²) in [5, 5.41) is 0. The van der Waals surface area contributed by atoms with E-state index < -0.39 is 24.0 Å². The topological polar surface area (TPSA) is 160 Å². The summed E-state index contributed by atoms with van der Waals surface area (Å²) in [4.78, 5) is 26.7. The van der Waals surface area contributed by atoms with Crippen LogP contribution in [0.2, 0.25) is 0 Å². The Balaban J connectivity index is 4.07. The Labute approximate surface area is 112 Å². The average Bonchev–Trinajstić information content (AvgIpc) is 2.32. The second-order valence-electron chi connectivity index (χ2n) is 4.57. The van der Waals surface area contributed by atoms with E-state index in [0.717, 1.165) is 0 Å². The molecular weight excluding hydrogens is 250 g/mol. The Kier molecular flexibility index (Phi) is 7.69. The molecule has 0 amide bonds. The predicted molar refractivity (Wildman–Crippen MR) is 71.8 cm³/mol. The van der Waals surface area contributed by atoms with Gasteiger partial charge in [-0.15, -0.1) is 0 Å². The molecule has 0 spiro atoms. The number of hydrogen-bond acceptors (Lipinski definition) is 6. The zero-order valence-electron chi connectivity index (χ0n) is 11.3. The van der Waals surface area contributed by atoms with E-state index >= 15 is 0 Å². The van der Waals surface area contributed by atoms with Gasteiger partial charge in [0.2, 0.25) is 0 Å². The van der Waals surface area contributed by atoms with Gasteiger partial charge in [-0.25, -0.2) is 9.59 Å². The van der Waals surface area contributed by atoms with Crippen LogP contribution < -0.4 is 22.9 Å². The van der Waals surface area contributed by atoms with Crippen LogP contribution >= 0.6 is 0 Å². The van der Waals surface area contributed by atoms with Crippen LogP contribution in [-0.4, -0.2) is 36.5 Å². The van der Waals surface area contributed by atoms with E-state index in [9.17, 15) is 9.59 Å². The van der Waals surface area contributed by atoms with Gasteiger partial charge in [0.15, 0.2) is 5.96 Å². The number of carbonyl (C=O) groups is 2. The lowest BCUT2D eigenvalue weighted by atomic mass is 10.1. The summed E-state index contributed by atoms with van der Waals surface area (Å²) < 4.78 is 4.60. The lowest BCUT2D eigenvalue weighted by molar-refractivity contribution is -0.162. The fraction of sp³-hybridized carbons (Fsp3) is 0.727. The normalized spacial score (nSPS) is 13.7. The van der Waals surface area contributed by atoms with E-state index in [1.165, 1.54) is 0 Å². The van der Waals surface area contributed by atoms with Crippen LogP contribution in [-0.2, 0) is 14.3 Å². The molecule has 0 saturated carbocycles. The Morgan fingerprint density at radius 1 is 1.16 bits per heavy atom. The molecule has 0 fully saturated rings. The van der Waals surface area contributed by atoms with Crippen molar-refractivity contribution in [2.75, 3.05) is 6.54 Å². The minimum absolute atomic E-state index is 0.0192. The third-order valence-corrected chi connectivity index (χ3v) is 2.46. The maximum Gasteiger partial charge on any atom is 0.330 e. The van der Waals surface area contributed by atoms with Gasteiger partial charge in [-0.3, -0.25) is 4.99 Å². The largest absolute Gasteiger partial charge is 0.391 e. The zero-order valence-corrected chi connectivity index (χ0v) is 11.3. The number of guanidine groups is 1. The highest BCUT2D eigenvalue weighted by molar-refractivity contribution is 5.90. The lowest BCUT2D eigenvalue weighted by Gasteiger charge is -2.15. The number of aliphatic imine (C=N–C) groups is 1. The first-order valence-electron chi connectivity index (χ1n) is 6.07. The van der Waals surface area contributed by atoms with Crippen molar-refractivity contribution in [2.24, 2.45) is 33.8 Å². The minimum Gasteiger partial charge on any atom is -0.391 e. The molecule has 8 heteroatoms. The van der Waals surface area contributed by atoms with Crippen LogP contribution in [0.5, 0.6) is 0 Å². The van der Waals surface area contributed by atoms with Crippen molar-refractivity contribution in [1.29, 1.82) is 0 Å². The van der Waals surface area contributed by atoms with Crippen LogP contribution in [0.4, 0.5) is 0 Å². The quantitative estimate of drug-likeness (QED) is 0.143. The molecule has 0 aliphatic heterocycles. The van der Waals surface area contributed by atoms with Gasteiger partial charge >= 0.3 is 11.9 Å². The van der Waals surface area contributed by atoms with Crippen molar-refractivity contribution in [3.63, 3.8) is 0 Å². The van der Waals surface area contributed by atoms with E-state index in [0.29, 0.717) is 19.4 Å². The molecule has 0 radical (unpaired) electrons. The third kappa shape index (κ3) is 7.37. The number of hydrogen-bond donors (Lipinski definition) is 4. The molecule has 110 valence electrons. The molecule has 8 N–H and O–H groups in total. The molecule has 0 aromatic rings. The van der Waals surface area contributed by atoms with Crippen LogP contribution in [0.25, 0.3) is 0 Å². The van der Waals surface area contributed by atoms with Crippen LogP contribution in [0.3, 0.4) is 0 Å². The summed E-state index contributed by atoms with van der Waals surface area (Å²) in [6, 6.07) is -1.73. The maximum absolute atomic E-state index is 11.5. The second kappa shape index (κ2) is 8.44. The molecule has 0 aromatic heterocycles. The van der Waals surface area contributed by atoms with Crippen LogP contribution in [0.1, 0.15) is 26.7 Å². The number of esters is 2. The summed E-state index contributed by atoms with van der Waals surface area (Å²) >= 11 is 0. The van der Waals surface area contributed by atoms with E-state index in [-0.39, 0.29) is 11.9 Å². The average molecular weight is 273 g/mol. The van der Waals surface area contributed by atoms with E-state index in [1.807, 2.05) is 0 Å². The summed E-state index contributed by atoms with van der Waals surface area (Å²) in [7, 11) is 0. The molecule has 8 nitrogen and oxygen atoms in total. The van der Waals surface area contributed by atoms with Gasteiger partial charge in [-0.05, 0) is 18.8 Å². The molecule has 0 bridgehead atoms. The fourth-order valence-corrected chi connectivity index (χ4v) is 1.15. The molecular formula is C11H23N5O3. The molecule has 2 atom stereocenters. The standard InChI is InChI=1S/C11H23N5O3/c1-6(2)8(13)10(18)19-9(17)7(12)4-3-5-16-11(14)15/h6-8H,3-5,12-13H2,1-2H3,(H4,14,15,16)/t7-,8-/m0/s1. The number of carbonyl (C=O) groups excluding carboxylic acids is 2. The first-order valence-corrected chi connectivity index (χ1v) is 6.07. The van der Waals surface area contributed by atoms with Gasteiger partial charge in [0.05, 0.1) is 0 Å².